The summed E-state index contributed by atoms with van der Waals surface area (Å²) in [6, 6.07) is 6.51. The molecule has 1 unspecified atom stereocenters. The molecule has 1 atom stereocenters. The monoisotopic (exact) mass is 246 g/mol. The molecule has 0 spiro atoms. The third-order valence-corrected chi connectivity index (χ3v) is 3.90. The number of carbonyl (C=O) groups is 1. The number of amides is 1. The minimum absolute atomic E-state index is 0.0832. The molecule has 1 amide bonds. The molecule has 3 N–H and O–H groups in total. The molecule has 1 aromatic carbocycles. The predicted molar refractivity (Wildman–Crippen MR) is 74.7 cm³/mol. The maximum absolute atomic E-state index is 11.8. The average Bonchev–Trinajstić information content (AvgIpc) is 2.57. The van der Waals surface area contributed by atoms with Gasteiger partial charge in [-0.2, -0.15) is 0 Å². The molecule has 3 heteroatoms. The summed E-state index contributed by atoms with van der Waals surface area (Å²) in [5, 5.41) is 2.93. The Morgan fingerprint density at radius 1 is 1.39 bits per heavy atom. The minimum Gasteiger partial charge on any atom is -0.328 e. The number of anilines is 1. The van der Waals surface area contributed by atoms with Crippen LogP contribution in [0.5, 0.6) is 0 Å². The topological polar surface area (TPSA) is 55.1 Å². The highest BCUT2D eigenvalue weighted by molar-refractivity contribution is 6.05. The van der Waals surface area contributed by atoms with Crippen LogP contribution in [0.2, 0.25) is 0 Å². The third-order valence-electron chi connectivity index (χ3n) is 3.90. The van der Waals surface area contributed by atoms with Crippen LogP contribution in [0.4, 0.5) is 5.69 Å². The highest BCUT2D eigenvalue weighted by atomic mass is 16.2. The van der Waals surface area contributed by atoms with Gasteiger partial charge in [-0.15, -0.1) is 0 Å². The fraction of sp³-hybridized carbons (Fsp3) is 0.533. The summed E-state index contributed by atoms with van der Waals surface area (Å²) < 4.78 is 0. The first kappa shape index (κ1) is 13.1. The van der Waals surface area contributed by atoms with E-state index in [-0.39, 0.29) is 11.9 Å². The van der Waals surface area contributed by atoms with Crippen LogP contribution in [0, 0.1) is 0 Å². The molecule has 0 aliphatic carbocycles. The van der Waals surface area contributed by atoms with E-state index >= 15 is 0 Å². The SMILES string of the molecule is CCC(N)CCc1ccc2c(c1)C(C)(C)C(=O)N2. The third kappa shape index (κ3) is 2.27. The van der Waals surface area contributed by atoms with E-state index in [1.54, 1.807) is 0 Å². The van der Waals surface area contributed by atoms with Crippen molar-refractivity contribution in [2.24, 2.45) is 5.73 Å². The zero-order valence-corrected chi connectivity index (χ0v) is 11.4. The number of benzene rings is 1. The minimum atomic E-state index is -0.418. The Morgan fingerprint density at radius 3 is 2.78 bits per heavy atom. The van der Waals surface area contributed by atoms with Crippen molar-refractivity contribution in [1.82, 2.24) is 0 Å². The Kier molecular flexibility index (Phi) is 3.44. The van der Waals surface area contributed by atoms with Gasteiger partial charge in [-0.3, -0.25) is 4.79 Å². The molecule has 18 heavy (non-hydrogen) atoms. The molecule has 0 fully saturated rings. The summed E-state index contributed by atoms with van der Waals surface area (Å²) in [4.78, 5) is 11.8. The lowest BCUT2D eigenvalue weighted by atomic mass is 9.85. The molecule has 1 aliphatic rings. The summed E-state index contributed by atoms with van der Waals surface area (Å²) in [5.41, 5.74) is 8.85. The van der Waals surface area contributed by atoms with Crippen LogP contribution >= 0.6 is 0 Å². The van der Waals surface area contributed by atoms with E-state index < -0.39 is 5.41 Å². The maximum Gasteiger partial charge on any atom is 0.234 e. The molecule has 1 heterocycles. The van der Waals surface area contributed by atoms with Crippen LogP contribution in [-0.4, -0.2) is 11.9 Å². The number of nitrogens with two attached hydrogens (primary N) is 1. The van der Waals surface area contributed by atoms with Gasteiger partial charge >= 0.3 is 0 Å². The number of rotatable bonds is 4. The van der Waals surface area contributed by atoms with Gasteiger partial charge in [0.1, 0.15) is 0 Å². The fourth-order valence-electron chi connectivity index (χ4n) is 2.33. The van der Waals surface area contributed by atoms with E-state index in [1.807, 2.05) is 19.9 Å². The predicted octanol–water partition coefficient (Wildman–Crippen LogP) is 2.59. The van der Waals surface area contributed by atoms with Crippen LogP contribution in [-0.2, 0) is 16.6 Å². The van der Waals surface area contributed by atoms with Crippen molar-refractivity contribution >= 4 is 11.6 Å². The highest BCUT2D eigenvalue weighted by Crippen LogP contribution is 2.37. The van der Waals surface area contributed by atoms with Crippen LogP contribution in [0.3, 0.4) is 0 Å². The number of carbonyl (C=O) groups excluding carboxylic acids is 1. The van der Waals surface area contributed by atoms with Crippen molar-refractivity contribution in [3.05, 3.63) is 29.3 Å². The van der Waals surface area contributed by atoms with E-state index in [1.165, 1.54) is 5.56 Å². The molecular weight excluding hydrogens is 224 g/mol. The summed E-state index contributed by atoms with van der Waals surface area (Å²) in [5.74, 6) is 0.0832. The molecule has 98 valence electrons. The van der Waals surface area contributed by atoms with Gasteiger partial charge in [0.15, 0.2) is 0 Å². The lowest BCUT2D eigenvalue weighted by Gasteiger charge is -2.16. The summed E-state index contributed by atoms with van der Waals surface area (Å²) in [7, 11) is 0. The van der Waals surface area contributed by atoms with Gasteiger partial charge in [0.05, 0.1) is 5.41 Å². The molecule has 0 saturated carbocycles. The molecule has 2 rings (SSSR count). The maximum atomic E-state index is 11.8. The average molecular weight is 246 g/mol. The van der Waals surface area contributed by atoms with Crippen LogP contribution in [0.1, 0.15) is 44.7 Å². The zero-order chi connectivity index (χ0) is 13.3. The van der Waals surface area contributed by atoms with E-state index in [0.717, 1.165) is 30.5 Å². The van der Waals surface area contributed by atoms with Gasteiger partial charge in [-0.1, -0.05) is 19.1 Å². The van der Waals surface area contributed by atoms with Crippen molar-refractivity contribution < 1.29 is 4.79 Å². The summed E-state index contributed by atoms with van der Waals surface area (Å²) in [6.45, 7) is 6.05. The molecule has 0 radical (unpaired) electrons. The second-order valence-electron chi connectivity index (χ2n) is 5.67. The molecule has 0 saturated heterocycles. The normalized spacial score (nSPS) is 18.3. The van der Waals surface area contributed by atoms with Crippen molar-refractivity contribution in [1.29, 1.82) is 0 Å². The first-order valence-electron chi connectivity index (χ1n) is 6.65. The molecule has 1 aromatic rings. The molecular formula is C15H22N2O. The number of hydrogen-bond donors (Lipinski definition) is 2. The van der Waals surface area contributed by atoms with Crippen LogP contribution < -0.4 is 11.1 Å². The van der Waals surface area contributed by atoms with Crippen molar-refractivity contribution in [3.8, 4) is 0 Å². The Morgan fingerprint density at radius 2 is 2.11 bits per heavy atom. The lowest BCUT2D eigenvalue weighted by Crippen LogP contribution is -2.26. The second kappa shape index (κ2) is 4.73. The Bertz CT molecular complexity index is 466. The van der Waals surface area contributed by atoms with E-state index in [4.69, 9.17) is 5.73 Å². The van der Waals surface area contributed by atoms with Crippen LogP contribution in [0.15, 0.2) is 18.2 Å². The largest absolute Gasteiger partial charge is 0.328 e. The van der Waals surface area contributed by atoms with Gasteiger partial charge in [-0.05, 0) is 50.3 Å². The summed E-state index contributed by atoms with van der Waals surface area (Å²) >= 11 is 0. The fourth-order valence-corrected chi connectivity index (χ4v) is 2.33. The van der Waals surface area contributed by atoms with Crippen molar-refractivity contribution in [2.45, 2.75) is 51.5 Å². The molecule has 0 bridgehead atoms. The number of aryl methyl sites for hydroxylation is 1. The number of hydrogen-bond acceptors (Lipinski definition) is 2. The van der Waals surface area contributed by atoms with Gasteiger partial charge in [0, 0.05) is 11.7 Å². The molecule has 1 aliphatic heterocycles. The molecule has 0 aromatic heterocycles. The highest BCUT2D eigenvalue weighted by Gasteiger charge is 2.38. The lowest BCUT2D eigenvalue weighted by molar-refractivity contribution is -0.119. The number of nitrogens with one attached hydrogen (secondary N) is 1. The van der Waals surface area contributed by atoms with Crippen LogP contribution in [0.25, 0.3) is 0 Å². The first-order chi connectivity index (χ1) is 8.45. The van der Waals surface area contributed by atoms with Crippen molar-refractivity contribution in [2.75, 3.05) is 5.32 Å². The Labute approximate surface area is 109 Å². The first-order valence-corrected chi connectivity index (χ1v) is 6.65. The van der Waals surface area contributed by atoms with E-state index in [9.17, 15) is 4.79 Å². The van der Waals surface area contributed by atoms with Gasteiger partial charge in [0.2, 0.25) is 5.91 Å². The van der Waals surface area contributed by atoms with Gasteiger partial charge in [-0.25, -0.2) is 0 Å². The Balaban J connectivity index is 2.18. The van der Waals surface area contributed by atoms with Gasteiger partial charge < -0.3 is 11.1 Å². The quantitative estimate of drug-likeness (QED) is 0.858. The smallest absolute Gasteiger partial charge is 0.234 e. The number of fused-ring (bicyclic) bond motifs is 1. The van der Waals surface area contributed by atoms with Crippen molar-refractivity contribution in [3.63, 3.8) is 0 Å². The Hall–Kier alpha value is -1.35. The second-order valence-corrected chi connectivity index (χ2v) is 5.67. The van der Waals surface area contributed by atoms with E-state index in [2.05, 4.69) is 24.4 Å². The van der Waals surface area contributed by atoms with E-state index in [0.29, 0.717) is 0 Å². The zero-order valence-electron chi connectivity index (χ0n) is 11.4. The summed E-state index contributed by atoms with van der Waals surface area (Å²) in [6.07, 6.45) is 2.99. The standard InChI is InChI=1S/C15H22N2O/c1-4-11(16)7-5-10-6-8-13-12(9-10)15(2,3)14(18)17-13/h6,8-9,11H,4-5,7,16H2,1-3H3,(H,17,18). The van der Waals surface area contributed by atoms with Gasteiger partial charge in [0.25, 0.3) is 0 Å². The molecule has 3 nitrogen and oxygen atoms in total.